The van der Waals surface area contributed by atoms with Crippen LogP contribution in [0.1, 0.15) is 21.6 Å². The number of nitrogens with two attached hydrogens (primary N) is 1. The third kappa shape index (κ3) is 4.35. The van der Waals surface area contributed by atoms with E-state index in [9.17, 15) is 9.18 Å². The Hall–Kier alpha value is -3.45. The second-order valence-corrected chi connectivity index (χ2v) is 6.76. The van der Waals surface area contributed by atoms with Crippen molar-refractivity contribution in [3.05, 3.63) is 71.3 Å². The molecule has 0 saturated carbocycles. The lowest BCUT2D eigenvalue weighted by molar-refractivity contribution is 0.0998. The average molecular weight is 392 g/mol. The fraction of sp³-hybridized carbons (Fsp3) is 0.182. The molecule has 0 unspecified atom stereocenters. The van der Waals surface area contributed by atoms with Crippen LogP contribution in [0, 0.1) is 5.82 Å². The highest BCUT2D eigenvalue weighted by molar-refractivity contribution is 5.99. The van der Waals surface area contributed by atoms with E-state index in [1.807, 2.05) is 24.3 Å². The highest BCUT2D eigenvalue weighted by atomic mass is 19.1. The average Bonchev–Trinajstić information content (AvgIpc) is 3.20. The Morgan fingerprint density at radius 2 is 1.90 bits per heavy atom. The maximum Gasteiger partial charge on any atom is 0.252 e. The van der Waals surface area contributed by atoms with Crippen molar-refractivity contribution >= 4 is 23.9 Å². The topological polar surface area (TPSA) is 84.2 Å². The zero-order valence-electron chi connectivity index (χ0n) is 15.8. The van der Waals surface area contributed by atoms with Gasteiger partial charge in [0.25, 0.3) is 5.91 Å². The minimum atomic E-state index is -0.473. The van der Waals surface area contributed by atoms with Crippen molar-refractivity contribution < 1.29 is 13.9 Å². The molecule has 1 fully saturated rings. The number of benzene rings is 1. The smallest absolute Gasteiger partial charge is 0.252 e. The van der Waals surface area contributed by atoms with E-state index in [4.69, 9.17) is 10.5 Å². The minimum Gasteiger partial charge on any atom is -0.378 e. The normalized spacial score (nSPS) is 14.4. The van der Waals surface area contributed by atoms with Gasteiger partial charge in [-0.3, -0.25) is 9.78 Å². The van der Waals surface area contributed by atoms with E-state index in [1.165, 1.54) is 12.1 Å². The highest BCUT2D eigenvalue weighted by Gasteiger charge is 2.21. The fourth-order valence-electron chi connectivity index (χ4n) is 3.29. The van der Waals surface area contributed by atoms with E-state index < -0.39 is 5.91 Å². The van der Waals surface area contributed by atoms with Gasteiger partial charge in [0, 0.05) is 30.5 Å². The van der Waals surface area contributed by atoms with Crippen molar-refractivity contribution in [2.45, 2.75) is 0 Å². The van der Waals surface area contributed by atoms with E-state index in [-0.39, 0.29) is 5.82 Å². The van der Waals surface area contributed by atoms with Gasteiger partial charge in [0.15, 0.2) is 0 Å². The largest absolute Gasteiger partial charge is 0.378 e. The summed E-state index contributed by atoms with van der Waals surface area (Å²) in [4.78, 5) is 21.7. The molecule has 4 rings (SSSR count). The number of amides is 1. The van der Waals surface area contributed by atoms with Crippen LogP contribution in [0.4, 0.5) is 10.2 Å². The Labute approximate surface area is 167 Å². The molecule has 1 amide bonds. The summed E-state index contributed by atoms with van der Waals surface area (Å²) < 4.78 is 18.4. The minimum absolute atomic E-state index is 0.268. The summed E-state index contributed by atoms with van der Waals surface area (Å²) in [6, 6.07) is 11.8. The number of rotatable bonds is 5. The number of hydrogen-bond donors (Lipinski definition) is 2. The standard InChI is InChI=1S/C22H21FN4O2/c23-17-4-1-15(2-5-17)3-6-18-13-16(7-8-25-18)20-14-19(21(24)28)22(26-20)27-9-11-29-12-10-27/h1-8,13-14,26H,9-12H2,(H2,24,28)/b6-3+. The number of hydrogen-bond acceptors (Lipinski definition) is 4. The Kier molecular flexibility index (Phi) is 5.39. The van der Waals surface area contributed by atoms with Crippen molar-refractivity contribution in [3.8, 4) is 11.3 Å². The van der Waals surface area contributed by atoms with Crippen LogP contribution in [0.3, 0.4) is 0 Å². The second kappa shape index (κ2) is 8.28. The number of aromatic amines is 1. The summed E-state index contributed by atoms with van der Waals surface area (Å²) >= 11 is 0. The van der Waals surface area contributed by atoms with Crippen molar-refractivity contribution in [1.82, 2.24) is 9.97 Å². The molecule has 0 spiro atoms. The number of nitrogens with one attached hydrogen (secondary N) is 1. The molecule has 29 heavy (non-hydrogen) atoms. The van der Waals surface area contributed by atoms with Gasteiger partial charge in [-0.1, -0.05) is 18.2 Å². The predicted molar refractivity (Wildman–Crippen MR) is 111 cm³/mol. The first-order chi connectivity index (χ1) is 14.1. The van der Waals surface area contributed by atoms with Gasteiger partial charge in [-0.15, -0.1) is 0 Å². The van der Waals surface area contributed by atoms with Crippen molar-refractivity contribution in [2.75, 3.05) is 31.2 Å². The van der Waals surface area contributed by atoms with Crippen LogP contribution in [0.25, 0.3) is 23.4 Å². The molecular formula is C22H21FN4O2. The lowest BCUT2D eigenvalue weighted by Crippen LogP contribution is -2.37. The number of nitrogens with zero attached hydrogens (tertiary/aromatic N) is 2. The van der Waals surface area contributed by atoms with Gasteiger partial charge in [-0.2, -0.15) is 0 Å². The lowest BCUT2D eigenvalue weighted by Gasteiger charge is -2.28. The van der Waals surface area contributed by atoms with Gasteiger partial charge in [0.2, 0.25) is 0 Å². The number of pyridine rings is 1. The van der Waals surface area contributed by atoms with Gasteiger partial charge in [-0.05, 0) is 42.0 Å². The first-order valence-electron chi connectivity index (χ1n) is 9.36. The Morgan fingerprint density at radius 3 is 2.62 bits per heavy atom. The summed E-state index contributed by atoms with van der Waals surface area (Å²) in [5.74, 6) is -0.0224. The Morgan fingerprint density at radius 1 is 1.14 bits per heavy atom. The van der Waals surface area contributed by atoms with Crippen LogP contribution in [0.15, 0.2) is 48.7 Å². The first-order valence-corrected chi connectivity index (χ1v) is 9.36. The molecule has 0 aliphatic carbocycles. The van der Waals surface area contributed by atoms with Crippen molar-refractivity contribution in [1.29, 1.82) is 0 Å². The molecule has 0 atom stereocenters. The summed E-state index contributed by atoms with van der Waals surface area (Å²) in [7, 11) is 0. The number of halogens is 1. The fourth-order valence-corrected chi connectivity index (χ4v) is 3.29. The molecule has 3 aromatic rings. The highest BCUT2D eigenvalue weighted by Crippen LogP contribution is 2.28. The van der Waals surface area contributed by atoms with Crippen molar-refractivity contribution in [2.24, 2.45) is 5.73 Å². The summed E-state index contributed by atoms with van der Waals surface area (Å²) in [6.07, 6.45) is 5.44. The summed E-state index contributed by atoms with van der Waals surface area (Å²) in [5.41, 5.74) is 9.36. The Bertz CT molecular complexity index is 1040. The molecule has 1 saturated heterocycles. The molecule has 1 aliphatic heterocycles. The number of carbonyl (C=O) groups excluding carboxylic acids is 1. The number of anilines is 1. The van der Waals surface area contributed by atoms with E-state index in [1.54, 1.807) is 24.4 Å². The van der Waals surface area contributed by atoms with Crippen LogP contribution >= 0.6 is 0 Å². The van der Waals surface area contributed by atoms with E-state index in [0.29, 0.717) is 31.9 Å². The van der Waals surface area contributed by atoms with E-state index >= 15 is 0 Å². The molecule has 1 aromatic carbocycles. The van der Waals surface area contributed by atoms with Gasteiger partial charge in [0.05, 0.1) is 24.5 Å². The van der Waals surface area contributed by atoms with E-state index in [2.05, 4.69) is 14.9 Å². The molecule has 7 heteroatoms. The SMILES string of the molecule is NC(=O)c1cc(-c2ccnc(/C=C/c3ccc(F)cc3)c2)[nH]c1N1CCOCC1. The van der Waals surface area contributed by atoms with Gasteiger partial charge >= 0.3 is 0 Å². The Balaban J connectivity index is 1.62. The first kappa shape index (κ1) is 18.9. The van der Waals surface area contributed by atoms with Gasteiger partial charge in [-0.25, -0.2) is 4.39 Å². The molecule has 3 heterocycles. The maximum absolute atomic E-state index is 13.0. The van der Waals surface area contributed by atoms with Crippen LogP contribution in [0.5, 0.6) is 0 Å². The zero-order valence-corrected chi connectivity index (χ0v) is 15.8. The zero-order chi connectivity index (χ0) is 20.2. The number of carbonyl (C=O) groups is 1. The second-order valence-electron chi connectivity index (χ2n) is 6.76. The van der Waals surface area contributed by atoms with Crippen LogP contribution in [0.2, 0.25) is 0 Å². The number of aromatic nitrogens is 2. The maximum atomic E-state index is 13.0. The number of ether oxygens (including phenoxy) is 1. The molecule has 148 valence electrons. The van der Waals surface area contributed by atoms with Crippen LogP contribution in [-0.2, 0) is 4.74 Å². The number of morpholine rings is 1. The lowest BCUT2D eigenvalue weighted by atomic mass is 10.1. The van der Waals surface area contributed by atoms with Gasteiger partial charge < -0.3 is 20.4 Å². The molecule has 3 N–H and O–H groups in total. The number of H-pyrrole nitrogens is 1. The van der Waals surface area contributed by atoms with Crippen LogP contribution < -0.4 is 10.6 Å². The molecular weight excluding hydrogens is 371 g/mol. The molecule has 0 bridgehead atoms. The van der Waals surface area contributed by atoms with E-state index in [0.717, 1.165) is 28.3 Å². The summed E-state index contributed by atoms with van der Waals surface area (Å²) in [5, 5.41) is 0. The summed E-state index contributed by atoms with van der Waals surface area (Å²) in [6.45, 7) is 2.62. The van der Waals surface area contributed by atoms with Gasteiger partial charge in [0.1, 0.15) is 11.6 Å². The third-order valence-corrected chi connectivity index (χ3v) is 4.80. The van der Waals surface area contributed by atoms with Crippen LogP contribution in [-0.4, -0.2) is 42.2 Å². The molecule has 1 aliphatic rings. The monoisotopic (exact) mass is 392 g/mol. The molecule has 0 radical (unpaired) electrons. The molecule has 6 nitrogen and oxygen atoms in total. The number of primary amides is 1. The van der Waals surface area contributed by atoms with Crippen molar-refractivity contribution in [3.63, 3.8) is 0 Å². The predicted octanol–water partition coefficient (Wildman–Crippen LogP) is 3.32. The third-order valence-electron chi connectivity index (χ3n) is 4.80. The quantitative estimate of drug-likeness (QED) is 0.698. The molecule has 2 aromatic heterocycles.